The van der Waals surface area contributed by atoms with Gasteiger partial charge in [-0.15, -0.1) is 0 Å². The molecule has 0 aliphatic carbocycles. The average Bonchev–Trinajstić information content (AvgIpc) is 2.08. The minimum absolute atomic E-state index is 0.219. The van der Waals surface area contributed by atoms with E-state index in [2.05, 4.69) is 69.6 Å². The van der Waals surface area contributed by atoms with E-state index in [9.17, 15) is 0 Å². The van der Waals surface area contributed by atoms with Gasteiger partial charge in [-0.05, 0) is 0 Å². The first-order valence-corrected chi connectivity index (χ1v) is 17.9. The van der Waals surface area contributed by atoms with Crippen molar-refractivity contribution in [1.82, 2.24) is 0 Å². The normalized spacial score (nSPS) is 15.4. The molecule has 0 saturated carbocycles. The molecule has 0 nitrogen and oxygen atoms in total. The van der Waals surface area contributed by atoms with Gasteiger partial charge in [0.05, 0.1) is 0 Å². The molecule has 4 radical (unpaired) electrons. The van der Waals surface area contributed by atoms with Crippen molar-refractivity contribution in [2.24, 2.45) is 0 Å². The zero-order chi connectivity index (χ0) is 13.1. The summed E-state index contributed by atoms with van der Waals surface area (Å²) in [6.45, 7) is 20.3. The molecule has 0 N–H and O–H groups in total. The second-order valence-corrected chi connectivity index (χ2v) is 31.7. The zero-order valence-corrected chi connectivity index (χ0v) is 17.5. The van der Waals surface area contributed by atoms with Gasteiger partial charge in [0.25, 0.3) is 0 Å². The van der Waals surface area contributed by atoms with E-state index in [0.717, 1.165) is 0 Å². The van der Waals surface area contributed by atoms with E-state index in [0.29, 0.717) is 0 Å². The Hall–Kier alpha value is 0.934. The van der Waals surface area contributed by atoms with Gasteiger partial charge in [0.2, 0.25) is 0 Å². The average molecular weight is 329 g/mol. The third kappa shape index (κ3) is 4.66. The summed E-state index contributed by atoms with van der Waals surface area (Å²) in [7, 11) is -2.18. The molecule has 0 aliphatic rings. The monoisotopic (exact) mass is 330 g/mol. The van der Waals surface area contributed by atoms with Gasteiger partial charge < -0.3 is 0 Å². The van der Waals surface area contributed by atoms with Crippen LogP contribution in [0.2, 0.25) is 39.3 Å². The minimum atomic E-state index is -0.979. The Balaban J connectivity index is 5.53. The van der Waals surface area contributed by atoms with Crippen molar-refractivity contribution in [1.29, 1.82) is 0 Å². The Bertz CT molecular complexity index is 244. The predicted molar refractivity (Wildman–Crippen MR) is 85.8 cm³/mol. The van der Waals surface area contributed by atoms with Crippen LogP contribution in [0.15, 0.2) is 9.60 Å². The number of hydrogen-bond donors (Lipinski definition) is 0. The quantitative estimate of drug-likeness (QED) is 0.666. The fourth-order valence-corrected chi connectivity index (χ4v) is 44.8. The van der Waals surface area contributed by atoms with Crippen molar-refractivity contribution >= 4 is 39.5 Å². The van der Waals surface area contributed by atoms with Crippen LogP contribution in [0.25, 0.3) is 0 Å². The van der Waals surface area contributed by atoms with Gasteiger partial charge in [-0.25, -0.2) is 0 Å². The molecule has 92 valence electrons. The summed E-state index contributed by atoms with van der Waals surface area (Å²) >= 11 is 2.38. The van der Waals surface area contributed by atoms with Crippen molar-refractivity contribution in [3.8, 4) is 0 Å². The molecule has 0 bridgehead atoms. The molecule has 0 aromatic rings. The van der Waals surface area contributed by atoms with Crippen LogP contribution in [0.5, 0.6) is 0 Å². The molecule has 0 aromatic carbocycles. The molecule has 0 aromatic heterocycles. The molecule has 0 fully saturated rings. The summed E-state index contributed by atoms with van der Waals surface area (Å²) in [5.74, 6) is 0. The number of rotatable bonds is 5. The summed E-state index contributed by atoms with van der Waals surface area (Å²) in [6.07, 6.45) is 2.56. The van der Waals surface area contributed by atoms with Gasteiger partial charge in [0.15, 0.2) is 0 Å². The predicted octanol–water partition coefficient (Wildman–Crippen LogP) is 4.10. The molecule has 0 spiro atoms. The summed E-state index contributed by atoms with van der Waals surface area (Å²) in [4.78, 5) is 0. The molecule has 0 rings (SSSR count). The molecular weight excluding hydrogens is 301 g/mol. The van der Waals surface area contributed by atoms with E-state index in [1.54, 1.807) is 4.41 Å². The molecule has 0 heterocycles. The van der Waals surface area contributed by atoms with Crippen LogP contribution in [0, 0.1) is 0 Å². The Labute approximate surface area is 115 Å². The third-order valence-electron chi connectivity index (χ3n) is 2.87. The second-order valence-electron chi connectivity index (χ2n) is 6.54. The summed E-state index contributed by atoms with van der Waals surface area (Å²) in [6, 6.07) is 0. The topological polar surface area (TPSA) is 0 Å². The standard InChI is InChI=1S/C12H28GeSi3/c1-9-11(13)12(10-2)14(15(3,4)5)16(6,7)8/h9-10H2,1-8H3/b12-11-. The SMILES string of the molecule is CC/[C]([Ge])=C(\CC)[Si]([Si](C)(C)C)[Si](C)(C)C. The van der Waals surface area contributed by atoms with Crippen LogP contribution >= 0.6 is 0 Å². The van der Waals surface area contributed by atoms with Crippen molar-refractivity contribution in [2.75, 3.05) is 0 Å². The van der Waals surface area contributed by atoms with E-state index >= 15 is 0 Å². The van der Waals surface area contributed by atoms with E-state index in [1.807, 2.05) is 5.20 Å². The maximum atomic E-state index is 2.60. The third-order valence-corrected chi connectivity index (χ3v) is 33.3. The molecule has 0 amide bonds. The molecule has 4 heteroatoms. The first kappa shape index (κ1) is 16.9. The van der Waals surface area contributed by atoms with Crippen LogP contribution in [-0.4, -0.2) is 39.5 Å². The summed E-state index contributed by atoms with van der Waals surface area (Å²) < 4.78 is 1.71. The Morgan fingerprint density at radius 1 is 0.875 bits per heavy atom. The van der Waals surface area contributed by atoms with Crippen molar-refractivity contribution in [3.63, 3.8) is 0 Å². The summed E-state index contributed by atoms with van der Waals surface area (Å²) in [5, 5.41) is 1.91. The van der Waals surface area contributed by atoms with Crippen molar-refractivity contribution < 1.29 is 0 Å². The number of allylic oxidation sites excluding steroid dienone is 2. The molecule has 0 unspecified atom stereocenters. The molecule has 0 atom stereocenters. The maximum absolute atomic E-state index is 2.60. The van der Waals surface area contributed by atoms with E-state index in [-0.39, 0.29) is 7.83 Å². The van der Waals surface area contributed by atoms with Crippen molar-refractivity contribution in [2.45, 2.75) is 66.0 Å². The molecular formula is C12H28GeSi3. The molecule has 0 aliphatic heterocycles. The van der Waals surface area contributed by atoms with Gasteiger partial charge in [-0.3, -0.25) is 0 Å². The van der Waals surface area contributed by atoms with Gasteiger partial charge in [0, 0.05) is 0 Å². The number of hydrogen-bond acceptors (Lipinski definition) is 0. The van der Waals surface area contributed by atoms with Crippen LogP contribution in [-0.2, 0) is 0 Å². The van der Waals surface area contributed by atoms with Gasteiger partial charge >= 0.3 is 115 Å². The Kier molecular flexibility index (Phi) is 6.57. The van der Waals surface area contributed by atoms with E-state index in [1.165, 1.54) is 12.8 Å². The summed E-state index contributed by atoms with van der Waals surface area (Å²) in [5.41, 5.74) is 0. The van der Waals surface area contributed by atoms with Crippen LogP contribution in [0.4, 0.5) is 0 Å². The van der Waals surface area contributed by atoms with Crippen LogP contribution in [0.3, 0.4) is 0 Å². The molecule has 16 heavy (non-hydrogen) atoms. The van der Waals surface area contributed by atoms with Gasteiger partial charge in [-0.1, -0.05) is 0 Å². The van der Waals surface area contributed by atoms with Gasteiger partial charge in [0.1, 0.15) is 0 Å². The van der Waals surface area contributed by atoms with E-state index < -0.39 is 15.2 Å². The van der Waals surface area contributed by atoms with Gasteiger partial charge in [-0.2, -0.15) is 0 Å². The van der Waals surface area contributed by atoms with E-state index in [4.69, 9.17) is 0 Å². The van der Waals surface area contributed by atoms with Crippen LogP contribution in [0.1, 0.15) is 26.7 Å². The molecule has 0 saturated heterocycles. The Morgan fingerprint density at radius 3 is 1.44 bits per heavy atom. The fraction of sp³-hybridized carbons (Fsp3) is 0.833. The van der Waals surface area contributed by atoms with Crippen molar-refractivity contribution in [3.05, 3.63) is 9.60 Å². The first-order valence-electron chi connectivity index (χ1n) is 6.37. The second kappa shape index (κ2) is 6.20. The first-order chi connectivity index (χ1) is 7.05. The Morgan fingerprint density at radius 2 is 1.25 bits per heavy atom. The van der Waals surface area contributed by atoms with Crippen LogP contribution < -0.4 is 0 Å². The fourth-order valence-electron chi connectivity index (χ4n) is 2.78. The zero-order valence-electron chi connectivity index (χ0n) is 12.4.